The number of carbonyl (C=O) groups is 2. The maximum absolute atomic E-state index is 12.8. The van der Waals surface area contributed by atoms with Crippen molar-refractivity contribution in [2.45, 2.75) is 25.4 Å². The molecule has 142 valence electrons. The molecular formula is C17H18F4N2O3. The zero-order valence-corrected chi connectivity index (χ0v) is 14.2. The van der Waals surface area contributed by atoms with Crippen LogP contribution >= 0.6 is 0 Å². The van der Waals surface area contributed by atoms with E-state index in [9.17, 15) is 27.2 Å². The second-order valence-electron chi connectivity index (χ2n) is 6.51. The maximum atomic E-state index is 12.8. The van der Waals surface area contributed by atoms with Crippen molar-refractivity contribution >= 4 is 11.8 Å². The Morgan fingerprint density at radius 3 is 2.69 bits per heavy atom. The first-order valence-corrected chi connectivity index (χ1v) is 7.73. The lowest BCUT2D eigenvalue weighted by Crippen LogP contribution is -2.43. The summed E-state index contributed by atoms with van der Waals surface area (Å²) in [6.07, 6.45) is -4.95. The number of hydrogen-bond donors (Lipinski definition) is 2. The summed E-state index contributed by atoms with van der Waals surface area (Å²) in [5.74, 6) is -2.02. The largest absolute Gasteiger partial charge is 0.489 e. The molecule has 2 amide bonds. The quantitative estimate of drug-likeness (QED) is 0.779. The van der Waals surface area contributed by atoms with Gasteiger partial charge in [-0.25, -0.2) is 4.39 Å². The fraction of sp³-hybridized carbons (Fsp3) is 0.412. The summed E-state index contributed by atoms with van der Waals surface area (Å²) in [6.45, 7) is 3.35. The molecule has 0 fully saturated rings. The van der Waals surface area contributed by atoms with Crippen molar-refractivity contribution in [3.05, 3.63) is 41.2 Å². The first-order valence-electron chi connectivity index (χ1n) is 7.73. The van der Waals surface area contributed by atoms with Crippen molar-refractivity contribution in [2.24, 2.45) is 0 Å². The van der Waals surface area contributed by atoms with Crippen molar-refractivity contribution in [2.75, 3.05) is 19.7 Å². The summed E-state index contributed by atoms with van der Waals surface area (Å²) < 4.78 is 54.6. The number of nitrogens with one attached hydrogen (secondary N) is 2. The summed E-state index contributed by atoms with van der Waals surface area (Å²) in [4.78, 5) is 22.6. The summed E-state index contributed by atoms with van der Waals surface area (Å²) >= 11 is 0. The molecule has 5 nitrogen and oxygen atoms in total. The van der Waals surface area contributed by atoms with Crippen LogP contribution in [0.25, 0.3) is 0 Å². The third kappa shape index (κ3) is 4.53. The normalized spacial score (nSPS) is 16.5. The van der Waals surface area contributed by atoms with E-state index in [-0.39, 0.29) is 29.8 Å². The molecule has 2 rings (SSSR count). The van der Waals surface area contributed by atoms with Gasteiger partial charge in [-0.3, -0.25) is 9.59 Å². The highest BCUT2D eigenvalue weighted by molar-refractivity contribution is 5.97. The number of fused-ring (bicyclic) bond motifs is 1. The van der Waals surface area contributed by atoms with E-state index in [1.807, 2.05) is 13.8 Å². The van der Waals surface area contributed by atoms with E-state index in [0.717, 1.165) is 5.56 Å². The van der Waals surface area contributed by atoms with E-state index in [2.05, 4.69) is 5.32 Å². The minimum atomic E-state index is -5.03. The maximum Gasteiger partial charge on any atom is 0.471 e. The summed E-state index contributed by atoms with van der Waals surface area (Å²) in [7, 11) is 0. The first kappa shape index (κ1) is 19.7. The van der Waals surface area contributed by atoms with Gasteiger partial charge in [0.2, 0.25) is 0 Å². The third-order valence-electron chi connectivity index (χ3n) is 3.97. The van der Waals surface area contributed by atoms with Crippen LogP contribution in [-0.4, -0.2) is 37.7 Å². The number of benzene rings is 1. The van der Waals surface area contributed by atoms with Crippen LogP contribution in [0.2, 0.25) is 0 Å². The topological polar surface area (TPSA) is 67.4 Å². The molecule has 1 heterocycles. The zero-order valence-electron chi connectivity index (χ0n) is 14.2. The number of hydrogen-bond acceptors (Lipinski definition) is 3. The van der Waals surface area contributed by atoms with Gasteiger partial charge in [0.25, 0.3) is 5.91 Å². The number of rotatable bonds is 5. The van der Waals surface area contributed by atoms with Gasteiger partial charge in [-0.05, 0) is 23.8 Å². The molecule has 1 aliphatic heterocycles. The monoisotopic (exact) mass is 374 g/mol. The van der Waals surface area contributed by atoms with Crippen molar-refractivity contribution in [1.29, 1.82) is 0 Å². The van der Waals surface area contributed by atoms with Crippen LogP contribution in [0, 0.1) is 0 Å². The van der Waals surface area contributed by atoms with Crippen molar-refractivity contribution in [1.82, 2.24) is 10.6 Å². The molecule has 0 spiro atoms. The van der Waals surface area contributed by atoms with Gasteiger partial charge in [-0.2, -0.15) is 13.2 Å². The molecule has 0 unspecified atom stereocenters. The standard InChI is InChI=1S/C17H18F4N2O3/c1-16(2)9-23-14(24)12-4-3-11(5-13(12)16)26-8-10(6-18)7-22-15(25)17(19,20)21/h3-6H,7-9H2,1-2H3,(H,22,25)(H,23,24)/b10-6-. The Morgan fingerprint density at radius 1 is 1.38 bits per heavy atom. The van der Waals surface area contributed by atoms with Crippen LogP contribution in [0.3, 0.4) is 0 Å². The molecule has 0 aliphatic carbocycles. The second-order valence-corrected chi connectivity index (χ2v) is 6.51. The first-order chi connectivity index (χ1) is 12.0. The fourth-order valence-electron chi connectivity index (χ4n) is 2.45. The molecule has 0 aromatic heterocycles. The Kier molecular flexibility index (Phi) is 5.58. The molecule has 9 heteroatoms. The minimum absolute atomic E-state index is 0.0897. The Balaban J connectivity index is 2.03. The minimum Gasteiger partial charge on any atom is -0.489 e. The molecule has 2 N–H and O–H groups in total. The highest BCUT2D eigenvalue weighted by Gasteiger charge is 2.38. The molecule has 26 heavy (non-hydrogen) atoms. The van der Waals surface area contributed by atoms with Crippen LogP contribution in [-0.2, 0) is 10.2 Å². The lowest BCUT2D eigenvalue weighted by molar-refractivity contribution is -0.173. The van der Waals surface area contributed by atoms with Crippen molar-refractivity contribution in [3.63, 3.8) is 0 Å². The number of alkyl halides is 3. The van der Waals surface area contributed by atoms with Crippen LogP contribution < -0.4 is 15.4 Å². The zero-order chi connectivity index (χ0) is 19.5. The fourth-order valence-corrected chi connectivity index (χ4v) is 2.45. The van der Waals surface area contributed by atoms with Gasteiger partial charge in [0, 0.05) is 29.6 Å². The average molecular weight is 374 g/mol. The third-order valence-corrected chi connectivity index (χ3v) is 3.97. The van der Waals surface area contributed by atoms with Gasteiger partial charge in [0.15, 0.2) is 0 Å². The molecule has 0 saturated heterocycles. The Bertz CT molecular complexity index is 742. The lowest BCUT2D eigenvalue weighted by atomic mass is 9.79. The van der Waals surface area contributed by atoms with E-state index in [1.54, 1.807) is 17.4 Å². The predicted molar refractivity (Wildman–Crippen MR) is 85.6 cm³/mol. The van der Waals surface area contributed by atoms with E-state index in [4.69, 9.17) is 4.74 Å². The SMILES string of the molecule is CC1(C)CNC(=O)c2ccc(OC/C(=C\F)CNC(=O)C(F)(F)F)cc21. The Morgan fingerprint density at radius 2 is 2.08 bits per heavy atom. The smallest absolute Gasteiger partial charge is 0.471 e. The summed E-state index contributed by atoms with van der Waals surface area (Å²) in [5.41, 5.74) is 0.765. The summed E-state index contributed by atoms with van der Waals surface area (Å²) in [5, 5.41) is 4.35. The van der Waals surface area contributed by atoms with Crippen molar-refractivity contribution in [3.8, 4) is 5.75 Å². The molecule has 1 aromatic rings. The lowest BCUT2D eigenvalue weighted by Gasteiger charge is -2.32. The second kappa shape index (κ2) is 7.35. The Hall–Kier alpha value is -2.58. The predicted octanol–water partition coefficient (Wildman–Crippen LogP) is 2.62. The van der Waals surface area contributed by atoms with Gasteiger partial charge in [0.05, 0.1) is 6.33 Å². The molecule has 0 saturated carbocycles. The highest BCUT2D eigenvalue weighted by Crippen LogP contribution is 2.32. The van der Waals surface area contributed by atoms with Gasteiger partial charge >= 0.3 is 12.1 Å². The highest BCUT2D eigenvalue weighted by atomic mass is 19.4. The number of amides is 2. The van der Waals surface area contributed by atoms with Crippen LogP contribution in [0.5, 0.6) is 5.75 Å². The van der Waals surface area contributed by atoms with Gasteiger partial charge in [-0.1, -0.05) is 13.8 Å². The van der Waals surface area contributed by atoms with Crippen LogP contribution in [0.4, 0.5) is 17.6 Å². The van der Waals surface area contributed by atoms with E-state index < -0.39 is 18.6 Å². The molecule has 0 atom stereocenters. The number of carbonyl (C=O) groups excluding carboxylic acids is 2. The van der Waals surface area contributed by atoms with E-state index >= 15 is 0 Å². The molecule has 0 bridgehead atoms. The summed E-state index contributed by atoms with van der Waals surface area (Å²) in [6, 6.07) is 4.74. The van der Waals surface area contributed by atoms with Crippen LogP contribution in [0.15, 0.2) is 30.1 Å². The average Bonchev–Trinajstić information content (AvgIpc) is 2.57. The van der Waals surface area contributed by atoms with Crippen molar-refractivity contribution < 1.29 is 31.9 Å². The van der Waals surface area contributed by atoms with Gasteiger partial charge < -0.3 is 15.4 Å². The Labute approximate surface area is 147 Å². The van der Waals surface area contributed by atoms with Gasteiger partial charge in [-0.15, -0.1) is 0 Å². The number of ether oxygens (including phenoxy) is 1. The van der Waals surface area contributed by atoms with Gasteiger partial charge in [0.1, 0.15) is 12.4 Å². The molecule has 0 radical (unpaired) electrons. The molecular weight excluding hydrogens is 356 g/mol. The molecule has 1 aromatic carbocycles. The van der Waals surface area contributed by atoms with E-state index in [0.29, 0.717) is 17.9 Å². The van der Waals surface area contributed by atoms with Crippen LogP contribution in [0.1, 0.15) is 29.8 Å². The van der Waals surface area contributed by atoms with E-state index in [1.165, 1.54) is 6.07 Å². The number of halogens is 4. The molecule has 1 aliphatic rings.